The minimum atomic E-state index is -0.186. The van der Waals surface area contributed by atoms with Crippen molar-refractivity contribution in [2.75, 3.05) is 12.3 Å². The second-order valence-electron chi connectivity index (χ2n) is 7.08. The van der Waals surface area contributed by atoms with E-state index in [1.165, 1.54) is 4.90 Å². The van der Waals surface area contributed by atoms with Crippen molar-refractivity contribution in [1.29, 1.82) is 0 Å². The molecule has 1 aromatic heterocycles. The standard InChI is InChI=1S/C23H23BrN4O3S/c1-14(28(13-30)12-17-11-26-15(2)27-22(17)25)20(9-10-29)32-23(31)19-8-7-16-5-3-4-6-18(16)21(19)24/h3-8,11,13,29H,9-10,12H2,1-2H3,(H2,25,26,27)/b20-14-. The van der Waals surface area contributed by atoms with Crippen LogP contribution < -0.4 is 5.73 Å². The predicted molar refractivity (Wildman–Crippen MR) is 131 cm³/mol. The van der Waals surface area contributed by atoms with Crippen molar-refractivity contribution in [2.24, 2.45) is 0 Å². The molecule has 0 aliphatic heterocycles. The molecule has 0 radical (unpaired) electrons. The van der Waals surface area contributed by atoms with Gasteiger partial charge in [-0.25, -0.2) is 9.97 Å². The number of carbonyl (C=O) groups excluding carboxylic acids is 2. The van der Waals surface area contributed by atoms with E-state index < -0.39 is 0 Å². The Balaban J connectivity index is 1.90. The van der Waals surface area contributed by atoms with Crippen LogP contribution >= 0.6 is 27.7 Å². The maximum absolute atomic E-state index is 13.1. The molecule has 1 heterocycles. The summed E-state index contributed by atoms with van der Waals surface area (Å²) in [5.74, 6) is 0.837. The zero-order valence-electron chi connectivity index (χ0n) is 17.7. The number of allylic oxidation sites excluding steroid dienone is 1. The lowest BCUT2D eigenvalue weighted by atomic mass is 10.1. The lowest BCUT2D eigenvalue weighted by Crippen LogP contribution is -2.22. The minimum absolute atomic E-state index is 0.158. The summed E-state index contributed by atoms with van der Waals surface area (Å²) in [6, 6.07) is 11.4. The Labute approximate surface area is 198 Å². The highest BCUT2D eigenvalue weighted by Gasteiger charge is 2.19. The van der Waals surface area contributed by atoms with Crippen LogP contribution in [0.3, 0.4) is 0 Å². The number of rotatable bonds is 8. The van der Waals surface area contributed by atoms with E-state index in [1.54, 1.807) is 26.1 Å². The number of nitrogens with zero attached hydrogens (tertiary/aromatic N) is 3. The van der Waals surface area contributed by atoms with Gasteiger partial charge in [0.05, 0.1) is 6.54 Å². The smallest absolute Gasteiger partial charge is 0.225 e. The Morgan fingerprint density at radius 2 is 2.03 bits per heavy atom. The molecular formula is C23H23BrN4O3S. The Kier molecular flexibility index (Phi) is 8.00. The van der Waals surface area contributed by atoms with Gasteiger partial charge in [0.2, 0.25) is 11.5 Å². The Morgan fingerprint density at radius 3 is 2.72 bits per heavy atom. The van der Waals surface area contributed by atoms with Crippen LogP contribution in [0.4, 0.5) is 5.82 Å². The number of carbonyl (C=O) groups is 2. The lowest BCUT2D eigenvalue weighted by Gasteiger charge is -2.22. The normalized spacial score (nSPS) is 11.9. The maximum Gasteiger partial charge on any atom is 0.225 e. The summed E-state index contributed by atoms with van der Waals surface area (Å²) in [6.07, 6.45) is 2.48. The van der Waals surface area contributed by atoms with Gasteiger partial charge in [-0.2, -0.15) is 0 Å². The molecule has 0 saturated carbocycles. The van der Waals surface area contributed by atoms with Crippen molar-refractivity contribution < 1.29 is 14.7 Å². The van der Waals surface area contributed by atoms with Crippen LogP contribution in [0.15, 0.2) is 57.7 Å². The monoisotopic (exact) mass is 514 g/mol. The molecule has 3 rings (SSSR count). The number of benzene rings is 2. The fourth-order valence-electron chi connectivity index (χ4n) is 3.18. The zero-order valence-corrected chi connectivity index (χ0v) is 20.1. The molecule has 0 unspecified atom stereocenters. The van der Waals surface area contributed by atoms with Gasteiger partial charge in [0.1, 0.15) is 11.6 Å². The number of thioether (sulfide) groups is 1. The van der Waals surface area contributed by atoms with E-state index in [0.29, 0.717) is 44.3 Å². The van der Waals surface area contributed by atoms with E-state index in [-0.39, 0.29) is 24.7 Å². The third kappa shape index (κ3) is 5.35. The molecule has 0 saturated heterocycles. The summed E-state index contributed by atoms with van der Waals surface area (Å²) < 4.78 is 0.714. The van der Waals surface area contributed by atoms with Crippen molar-refractivity contribution in [3.63, 3.8) is 0 Å². The van der Waals surface area contributed by atoms with Crippen LogP contribution in [0, 0.1) is 6.92 Å². The van der Waals surface area contributed by atoms with Gasteiger partial charge in [-0.1, -0.05) is 30.3 Å². The van der Waals surface area contributed by atoms with E-state index >= 15 is 0 Å². The van der Waals surface area contributed by atoms with E-state index in [4.69, 9.17) is 5.73 Å². The Hall–Kier alpha value is -2.75. The van der Waals surface area contributed by atoms with E-state index in [1.807, 2.05) is 30.3 Å². The molecule has 0 bridgehead atoms. The summed E-state index contributed by atoms with van der Waals surface area (Å²) in [7, 11) is 0. The number of anilines is 1. The summed E-state index contributed by atoms with van der Waals surface area (Å²) in [6.45, 7) is 3.47. The first-order chi connectivity index (χ1) is 15.3. The van der Waals surface area contributed by atoms with Gasteiger partial charge in [-0.15, -0.1) is 0 Å². The van der Waals surface area contributed by atoms with Crippen LogP contribution in [-0.4, -0.2) is 38.1 Å². The number of aryl methyl sites for hydroxylation is 1. The van der Waals surface area contributed by atoms with Crippen LogP contribution in [0.2, 0.25) is 0 Å². The van der Waals surface area contributed by atoms with E-state index in [2.05, 4.69) is 25.9 Å². The van der Waals surface area contributed by atoms with E-state index in [0.717, 1.165) is 22.5 Å². The summed E-state index contributed by atoms with van der Waals surface area (Å²) in [5, 5.41) is 11.3. The van der Waals surface area contributed by atoms with Crippen molar-refractivity contribution in [3.05, 3.63) is 74.6 Å². The molecule has 0 aliphatic carbocycles. The molecule has 166 valence electrons. The van der Waals surface area contributed by atoms with Gasteiger partial charge in [-0.05, 0) is 58.4 Å². The number of halogens is 1. The highest BCUT2D eigenvalue weighted by Crippen LogP contribution is 2.34. The van der Waals surface area contributed by atoms with Crippen LogP contribution in [-0.2, 0) is 11.3 Å². The van der Waals surface area contributed by atoms with Gasteiger partial charge in [0, 0.05) is 45.4 Å². The predicted octanol–water partition coefficient (Wildman–Crippen LogP) is 4.43. The minimum Gasteiger partial charge on any atom is -0.396 e. The molecule has 2 aromatic carbocycles. The van der Waals surface area contributed by atoms with Gasteiger partial charge in [0.15, 0.2) is 0 Å². The molecule has 0 spiro atoms. The molecule has 9 heteroatoms. The number of hydrogen-bond donors (Lipinski definition) is 2. The van der Waals surface area contributed by atoms with Gasteiger partial charge >= 0.3 is 0 Å². The lowest BCUT2D eigenvalue weighted by molar-refractivity contribution is -0.116. The maximum atomic E-state index is 13.1. The second kappa shape index (κ2) is 10.7. The number of fused-ring (bicyclic) bond motifs is 1. The Morgan fingerprint density at radius 1 is 1.28 bits per heavy atom. The van der Waals surface area contributed by atoms with Gasteiger partial charge < -0.3 is 15.7 Å². The molecule has 1 amide bonds. The topological polar surface area (TPSA) is 109 Å². The first-order valence-corrected chi connectivity index (χ1v) is 11.5. The number of amides is 1. The fraction of sp³-hybridized carbons (Fsp3) is 0.217. The number of nitrogen functional groups attached to an aromatic ring is 1. The molecule has 3 aromatic rings. The Bertz CT molecular complexity index is 1200. The average Bonchev–Trinajstić information content (AvgIpc) is 2.78. The third-order valence-corrected chi connectivity index (χ3v) is 6.96. The average molecular weight is 515 g/mol. The van der Waals surface area contributed by atoms with Crippen molar-refractivity contribution >= 4 is 55.8 Å². The first kappa shape index (κ1) is 23.9. The summed E-state index contributed by atoms with van der Waals surface area (Å²) >= 11 is 4.56. The highest BCUT2D eigenvalue weighted by atomic mass is 79.9. The van der Waals surface area contributed by atoms with Crippen LogP contribution in [0.1, 0.15) is 35.1 Å². The number of aromatic nitrogens is 2. The molecular weight excluding hydrogens is 492 g/mol. The third-order valence-electron chi connectivity index (χ3n) is 4.96. The highest BCUT2D eigenvalue weighted by molar-refractivity contribution is 9.10. The van der Waals surface area contributed by atoms with Crippen LogP contribution in [0.5, 0.6) is 0 Å². The second-order valence-corrected chi connectivity index (χ2v) is 8.94. The van der Waals surface area contributed by atoms with Gasteiger partial charge in [0.25, 0.3) is 0 Å². The molecule has 3 N–H and O–H groups in total. The molecule has 0 aliphatic rings. The van der Waals surface area contributed by atoms with Gasteiger partial charge in [-0.3, -0.25) is 9.59 Å². The fourth-order valence-corrected chi connectivity index (χ4v) is 4.95. The number of nitrogens with two attached hydrogens (primary N) is 1. The van der Waals surface area contributed by atoms with Crippen molar-refractivity contribution in [3.8, 4) is 0 Å². The molecule has 7 nitrogen and oxygen atoms in total. The molecule has 0 atom stereocenters. The van der Waals surface area contributed by atoms with Crippen molar-refractivity contribution in [1.82, 2.24) is 14.9 Å². The number of aliphatic hydroxyl groups excluding tert-OH is 1. The summed E-state index contributed by atoms with van der Waals surface area (Å²) in [4.78, 5) is 35.3. The van der Waals surface area contributed by atoms with Crippen LogP contribution in [0.25, 0.3) is 10.8 Å². The number of aliphatic hydroxyl groups is 1. The SMILES string of the molecule is C/C(=C(\CCO)SC(=O)c1ccc2ccccc2c1Br)N(C=O)Cc1cnc(C)nc1N. The summed E-state index contributed by atoms with van der Waals surface area (Å²) in [5.41, 5.74) is 7.64. The first-order valence-electron chi connectivity index (χ1n) is 9.85. The quantitative estimate of drug-likeness (QED) is 0.427. The van der Waals surface area contributed by atoms with Crippen molar-refractivity contribution in [2.45, 2.75) is 26.8 Å². The number of hydrogen-bond acceptors (Lipinski definition) is 7. The molecule has 0 fully saturated rings. The molecule has 32 heavy (non-hydrogen) atoms. The zero-order chi connectivity index (χ0) is 23.3. The largest absolute Gasteiger partial charge is 0.396 e. The van der Waals surface area contributed by atoms with E-state index in [9.17, 15) is 14.7 Å².